The van der Waals surface area contributed by atoms with Gasteiger partial charge in [-0.3, -0.25) is 4.79 Å². The first-order valence-corrected chi connectivity index (χ1v) is 8.02. The van der Waals surface area contributed by atoms with Crippen LogP contribution in [0.4, 0.5) is 11.6 Å². The Bertz CT molecular complexity index is 888. The van der Waals surface area contributed by atoms with Crippen LogP contribution >= 0.6 is 0 Å². The molecule has 0 fully saturated rings. The van der Waals surface area contributed by atoms with E-state index in [1.165, 1.54) is 5.56 Å². The molecule has 6 heteroatoms. The second kappa shape index (κ2) is 7.17. The molecule has 0 aliphatic heterocycles. The second-order valence-electron chi connectivity index (χ2n) is 5.85. The minimum Gasteiger partial charge on any atom is -0.467 e. The van der Waals surface area contributed by atoms with E-state index in [1.807, 2.05) is 39.0 Å². The summed E-state index contributed by atoms with van der Waals surface area (Å²) in [5, 5.41) is 5.99. The van der Waals surface area contributed by atoms with Crippen molar-refractivity contribution in [3.63, 3.8) is 0 Å². The number of rotatable bonds is 5. The molecule has 128 valence electrons. The molecule has 0 atom stereocenters. The molecule has 1 aromatic carbocycles. The monoisotopic (exact) mass is 336 g/mol. The lowest BCUT2D eigenvalue weighted by atomic mass is 10.1. The zero-order valence-corrected chi connectivity index (χ0v) is 14.5. The van der Waals surface area contributed by atoms with Crippen molar-refractivity contribution in [2.45, 2.75) is 27.3 Å². The third-order valence-electron chi connectivity index (χ3n) is 3.94. The van der Waals surface area contributed by atoms with Crippen LogP contribution in [0.2, 0.25) is 0 Å². The zero-order valence-electron chi connectivity index (χ0n) is 14.5. The lowest BCUT2D eigenvalue weighted by Gasteiger charge is -2.11. The maximum absolute atomic E-state index is 12.3. The average molecular weight is 336 g/mol. The number of carbonyl (C=O) groups excluding carboxylic acids is 1. The van der Waals surface area contributed by atoms with Crippen LogP contribution in [0, 0.1) is 20.8 Å². The molecule has 0 saturated carbocycles. The molecule has 0 radical (unpaired) electrons. The molecular weight excluding hydrogens is 316 g/mol. The van der Waals surface area contributed by atoms with Gasteiger partial charge in [0.15, 0.2) is 0 Å². The van der Waals surface area contributed by atoms with Gasteiger partial charge in [-0.05, 0) is 56.2 Å². The van der Waals surface area contributed by atoms with Crippen LogP contribution in [0.1, 0.15) is 33.1 Å². The van der Waals surface area contributed by atoms with Gasteiger partial charge in [-0.15, -0.1) is 0 Å². The van der Waals surface area contributed by atoms with Crippen LogP contribution < -0.4 is 10.6 Å². The van der Waals surface area contributed by atoms with Crippen LogP contribution in [0.3, 0.4) is 0 Å². The number of hydrogen-bond donors (Lipinski definition) is 2. The predicted octanol–water partition coefficient (Wildman–Crippen LogP) is 3.67. The van der Waals surface area contributed by atoms with Gasteiger partial charge in [0.2, 0.25) is 5.95 Å². The van der Waals surface area contributed by atoms with E-state index in [4.69, 9.17) is 4.42 Å². The lowest BCUT2D eigenvalue weighted by Crippen LogP contribution is -2.24. The third kappa shape index (κ3) is 4.03. The van der Waals surface area contributed by atoms with Crippen molar-refractivity contribution in [3.05, 3.63) is 70.9 Å². The minimum absolute atomic E-state index is 0.272. The van der Waals surface area contributed by atoms with E-state index < -0.39 is 0 Å². The highest BCUT2D eigenvalue weighted by Gasteiger charge is 2.12. The average Bonchev–Trinajstić information content (AvgIpc) is 3.10. The van der Waals surface area contributed by atoms with Gasteiger partial charge in [-0.1, -0.05) is 12.1 Å². The molecule has 1 amide bonds. The number of nitrogens with zero attached hydrogens (tertiary/aromatic N) is 2. The lowest BCUT2D eigenvalue weighted by molar-refractivity contribution is 0.0943. The summed E-state index contributed by atoms with van der Waals surface area (Å²) in [7, 11) is 0. The predicted molar refractivity (Wildman–Crippen MR) is 95.8 cm³/mol. The topological polar surface area (TPSA) is 80.0 Å². The molecule has 0 unspecified atom stereocenters. The molecule has 2 heterocycles. The molecule has 0 aliphatic rings. The van der Waals surface area contributed by atoms with Gasteiger partial charge in [0.05, 0.1) is 12.8 Å². The quantitative estimate of drug-likeness (QED) is 0.743. The number of carbonyl (C=O) groups is 1. The van der Waals surface area contributed by atoms with Crippen LogP contribution in [-0.2, 0) is 6.54 Å². The van der Waals surface area contributed by atoms with E-state index in [1.54, 1.807) is 24.5 Å². The Morgan fingerprint density at radius 2 is 1.96 bits per heavy atom. The van der Waals surface area contributed by atoms with Gasteiger partial charge in [-0.25, -0.2) is 9.97 Å². The smallest absolute Gasteiger partial charge is 0.270 e. The van der Waals surface area contributed by atoms with E-state index in [0.29, 0.717) is 29.6 Å². The summed E-state index contributed by atoms with van der Waals surface area (Å²) in [5.41, 5.74) is 4.25. The molecule has 6 nitrogen and oxygen atoms in total. The van der Waals surface area contributed by atoms with Crippen molar-refractivity contribution in [1.29, 1.82) is 0 Å². The van der Waals surface area contributed by atoms with Crippen LogP contribution in [0.15, 0.2) is 47.1 Å². The van der Waals surface area contributed by atoms with Gasteiger partial charge in [0.1, 0.15) is 11.5 Å². The van der Waals surface area contributed by atoms with Crippen molar-refractivity contribution in [2.75, 3.05) is 5.32 Å². The molecule has 2 aromatic heterocycles. The molecule has 25 heavy (non-hydrogen) atoms. The van der Waals surface area contributed by atoms with Crippen molar-refractivity contribution < 1.29 is 9.21 Å². The summed E-state index contributed by atoms with van der Waals surface area (Å²) >= 11 is 0. The van der Waals surface area contributed by atoms with Crippen LogP contribution in [0.5, 0.6) is 0 Å². The summed E-state index contributed by atoms with van der Waals surface area (Å²) in [6, 6.07) is 11.2. The SMILES string of the molecule is Cc1cc(C(=O)NCc2ccco2)nc(Nc2cccc(C)c2C)n1. The fourth-order valence-electron chi connectivity index (χ4n) is 2.42. The van der Waals surface area contributed by atoms with Gasteiger partial charge in [0.25, 0.3) is 5.91 Å². The molecule has 0 saturated heterocycles. The largest absolute Gasteiger partial charge is 0.467 e. The number of nitrogens with one attached hydrogen (secondary N) is 2. The number of aryl methyl sites for hydroxylation is 2. The number of amides is 1. The fraction of sp³-hybridized carbons (Fsp3) is 0.211. The Morgan fingerprint density at radius 3 is 2.72 bits per heavy atom. The summed E-state index contributed by atoms with van der Waals surface area (Å²) in [6.45, 7) is 6.23. The maximum Gasteiger partial charge on any atom is 0.270 e. The Hall–Kier alpha value is -3.15. The van der Waals surface area contributed by atoms with Crippen LogP contribution in [0.25, 0.3) is 0 Å². The first-order chi connectivity index (χ1) is 12.0. The first kappa shape index (κ1) is 16.7. The van der Waals surface area contributed by atoms with Crippen LogP contribution in [-0.4, -0.2) is 15.9 Å². The Balaban J connectivity index is 1.78. The fourth-order valence-corrected chi connectivity index (χ4v) is 2.42. The van der Waals surface area contributed by atoms with E-state index >= 15 is 0 Å². The van der Waals surface area contributed by atoms with Crippen molar-refractivity contribution in [1.82, 2.24) is 15.3 Å². The number of furan rings is 1. The summed E-state index contributed by atoms with van der Waals surface area (Å²) < 4.78 is 5.21. The van der Waals surface area contributed by atoms with Crippen molar-refractivity contribution in [3.8, 4) is 0 Å². The van der Waals surface area contributed by atoms with Gasteiger partial charge >= 0.3 is 0 Å². The van der Waals surface area contributed by atoms with E-state index in [0.717, 1.165) is 11.3 Å². The summed E-state index contributed by atoms with van der Waals surface area (Å²) in [5.74, 6) is 0.815. The van der Waals surface area contributed by atoms with E-state index in [9.17, 15) is 4.79 Å². The molecule has 0 spiro atoms. The molecule has 3 aromatic rings. The summed E-state index contributed by atoms with van der Waals surface area (Å²) in [6.07, 6.45) is 1.57. The molecule has 3 rings (SSSR count). The number of benzene rings is 1. The third-order valence-corrected chi connectivity index (χ3v) is 3.94. The highest BCUT2D eigenvalue weighted by atomic mass is 16.3. The highest BCUT2D eigenvalue weighted by molar-refractivity contribution is 5.92. The zero-order chi connectivity index (χ0) is 17.8. The summed E-state index contributed by atoms with van der Waals surface area (Å²) in [4.78, 5) is 21.1. The molecule has 2 N–H and O–H groups in total. The first-order valence-electron chi connectivity index (χ1n) is 8.02. The Morgan fingerprint density at radius 1 is 1.12 bits per heavy atom. The number of aromatic nitrogens is 2. The normalized spacial score (nSPS) is 10.5. The number of anilines is 2. The van der Waals surface area contributed by atoms with Crippen molar-refractivity contribution in [2.24, 2.45) is 0 Å². The Kier molecular flexibility index (Phi) is 4.79. The van der Waals surface area contributed by atoms with Gasteiger partial charge in [0, 0.05) is 11.4 Å². The van der Waals surface area contributed by atoms with E-state index in [-0.39, 0.29) is 5.91 Å². The second-order valence-corrected chi connectivity index (χ2v) is 5.85. The standard InChI is InChI=1S/C19H20N4O2/c1-12-6-4-8-16(14(12)3)22-19-21-13(2)10-17(23-19)18(24)20-11-15-7-5-9-25-15/h4-10H,11H2,1-3H3,(H,20,24)(H,21,22,23). The minimum atomic E-state index is -0.272. The highest BCUT2D eigenvalue weighted by Crippen LogP contribution is 2.21. The number of hydrogen-bond acceptors (Lipinski definition) is 5. The van der Waals surface area contributed by atoms with Gasteiger partial charge in [-0.2, -0.15) is 0 Å². The maximum atomic E-state index is 12.3. The van der Waals surface area contributed by atoms with Crippen molar-refractivity contribution >= 4 is 17.5 Å². The molecule has 0 aliphatic carbocycles. The molecular formula is C19H20N4O2. The van der Waals surface area contributed by atoms with Gasteiger partial charge < -0.3 is 15.1 Å². The Labute approximate surface area is 146 Å². The van der Waals surface area contributed by atoms with E-state index in [2.05, 4.69) is 20.6 Å². The molecule has 0 bridgehead atoms.